The quantitative estimate of drug-likeness (QED) is 0.891. The lowest BCUT2D eigenvalue weighted by Gasteiger charge is -2.22. The highest BCUT2D eigenvalue weighted by molar-refractivity contribution is 5.95. The van der Waals surface area contributed by atoms with Crippen molar-refractivity contribution in [2.45, 2.75) is 27.2 Å². The Balaban J connectivity index is 2.07. The number of nitrogens with zero attached hydrogens (tertiary/aromatic N) is 1. The Kier molecular flexibility index (Phi) is 5.85. The summed E-state index contributed by atoms with van der Waals surface area (Å²) in [6, 6.07) is 8.87. The van der Waals surface area contributed by atoms with E-state index in [0.717, 1.165) is 28.2 Å². The van der Waals surface area contributed by atoms with E-state index in [1.54, 1.807) is 6.07 Å². The fourth-order valence-corrected chi connectivity index (χ4v) is 2.43. The summed E-state index contributed by atoms with van der Waals surface area (Å²) in [5.74, 6) is -2.57. The molecule has 6 heteroatoms. The van der Waals surface area contributed by atoms with Crippen LogP contribution in [0.1, 0.15) is 24.5 Å². The van der Waals surface area contributed by atoms with Crippen molar-refractivity contribution in [2.24, 2.45) is 0 Å². The van der Waals surface area contributed by atoms with E-state index < -0.39 is 23.2 Å². The smallest absolute Gasteiger partial charge is 0.226 e. The van der Waals surface area contributed by atoms with Gasteiger partial charge in [-0.2, -0.15) is 0 Å². The van der Waals surface area contributed by atoms with Gasteiger partial charge >= 0.3 is 0 Å². The topological polar surface area (TPSA) is 49.4 Å². The van der Waals surface area contributed by atoms with Crippen LogP contribution in [0.5, 0.6) is 0 Å². The van der Waals surface area contributed by atoms with Gasteiger partial charge in [0.25, 0.3) is 0 Å². The standard InChI is InChI=1S/C19H20F2N2O2/c1-12-7-8-15(11-13(12)2)22-18(25)9-10-23(14(3)24)19-16(20)5-4-6-17(19)21/h4-8,11H,9-10H2,1-3H3,(H,22,25). The molecule has 0 aliphatic heterocycles. The van der Waals surface area contributed by atoms with Gasteiger partial charge in [0, 0.05) is 25.6 Å². The molecule has 0 saturated carbocycles. The van der Waals surface area contributed by atoms with Crippen molar-refractivity contribution in [1.29, 1.82) is 0 Å². The predicted molar refractivity (Wildman–Crippen MR) is 93.5 cm³/mol. The van der Waals surface area contributed by atoms with Crippen LogP contribution in [-0.4, -0.2) is 18.4 Å². The first-order valence-corrected chi connectivity index (χ1v) is 7.89. The molecular weight excluding hydrogens is 326 g/mol. The number of hydrogen-bond acceptors (Lipinski definition) is 2. The number of nitrogens with one attached hydrogen (secondary N) is 1. The average Bonchev–Trinajstić information content (AvgIpc) is 2.53. The molecule has 0 saturated heterocycles. The van der Waals surface area contributed by atoms with Gasteiger partial charge in [-0.15, -0.1) is 0 Å². The van der Waals surface area contributed by atoms with Crippen LogP contribution >= 0.6 is 0 Å². The van der Waals surface area contributed by atoms with Crippen molar-refractivity contribution in [1.82, 2.24) is 0 Å². The van der Waals surface area contributed by atoms with Crippen LogP contribution in [0.25, 0.3) is 0 Å². The Morgan fingerprint density at radius 2 is 1.68 bits per heavy atom. The first-order valence-electron chi connectivity index (χ1n) is 7.89. The fourth-order valence-electron chi connectivity index (χ4n) is 2.43. The third-order valence-corrected chi connectivity index (χ3v) is 3.94. The largest absolute Gasteiger partial charge is 0.326 e. The van der Waals surface area contributed by atoms with Crippen molar-refractivity contribution < 1.29 is 18.4 Å². The van der Waals surface area contributed by atoms with Gasteiger partial charge in [0.05, 0.1) is 0 Å². The summed E-state index contributed by atoms with van der Waals surface area (Å²) in [6.07, 6.45) is -0.0831. The van der Waals surface area contributed by atoms with Crippen molar-refractivity contribution in [3.8, 4) is 0 Å². The molecule has 2 aromatic carbocycles. The molecule has 0 fully saturated rings. The Hall–Kier alpha value is -2.76. The van der Waals surface area contributed by atoms with Gasteiger partial charge in [-0.3, -0.25) is 9.59 Å². The van der Waals surface area contributed by atoms with Gasteiger partial charge < -0.3 is 10.2 Å². The zero-order chi connectivity index (χ0) is 18.6. The number of rotatable bonds is 5. The molecule has 4 nitrogen and oxygen atoms in total. The molecule has 0 heterocycles. The summed E-state index contributed by atoms with van der Waals surface area (Å²) >= 11 is 0. The zero-order valence-corrected chi connectivity index (χ0v) is 14.4. The highest BCUT2D eigenvalue weighted by Gasteiger charge is 2.20. The SMILES string of the molecule is CC(=O)N(CCC(=O)Nc1ccc(C)c(C)c1)c1c(F)cccc1F. The number of carbonyl (C=O) groups is 2. The van der Waals surface area contributed by atoms with Crippen molar-refractivity contribution in [2.75, 3.05) is 16.8 Å². The lowest BCUT2D eigenvalue weighted by Crippen LogP contribution is -2.33. The van der Waals surface area contributed by atoms with Crippen LogP contribution in [0.15, 0.2) is 36.4 Å². The van der Waals surface area contributed by atoms with Gasteiger partial charge in [0.2, 0.25) is 11.8 Å². The van der Waals surface area contributed by atoms with E-state index in [1.807, 2.05) is 26.0 Å². The first-order chi connectivity index (χ1) is 11.8. The molecule has 0 atom stereocenters. The minimum absolute atomic E-state index is 0.0831. The monoisotopic (exact) mass is 346 g/mol. The lowest BCUT2D eigenvalue weighted by molar-refractivity contribution is -0.117. The maximum Gasteiger partial charge on any atom is 0.226 e. The molecule has 0 aliphatic carbocycles. The minimum atomic E-state index is -0.843. The summed E-state index contributed by atoms with van der Waals surface area (Å²) in [7, 11) is 0. The molecule has 0 unspecified atom stereocenters. The molecule has 0 radical (unpaired) electrons. The fraction of sp³-hybridized carbons (Fsp3) is 0.263. The van der Waals surface area contributed by atoms with Crippen LogP contribution in [-0.2, 0) is 9.59 Å². The van der Waals surface area contributed by atoms with Crippen molar-refractivity contribution >= 4 is 23.2 Å². The molecule has 25 heavy (non-hydrogen) atoms. The normalized spacial score (nSPS) is 10.4. The van der Waals surface area contributed by atoms with Crippen molar-refractivity contribution in [3.05, 3.63) is 59.2 Å². The molecule has 2 amide bonds. The Morgan fingerprint density at radius 1 is 1.04 bits per heavy atom. The molecule has 0 bridgehead atoms. The number of halogens is 2. The van der Waals surface area contributed by atoms with Gasteiger partial charge in [-0.25, -0.2) is 8.78 Å². The van der Waals surface area contributed by atoms with E-state index in [1.165, 1.54) is 13.0 Å². The second-order valence-electron chi connectivity index (χ2n) is 5.84. The zero-order valence-electron chi connectivity index (χ0n) is 14.4. The van der Waals surface area contributed by atoms with Gasteiger partial charge in [-0.1, -0.05) is 12.1 Å². The van der Waals surface area contributed by atoms with Gasteiger partial charge in [0.1, 0.15) is 17.3 Å². The molecule has 2 aromatic rings. The summed E-state index contributed by atoms with van der Waals surface area (Å²) in [6.45, 7) is 4.98. The molecule has 0 spiro atoms. The number of anilines is 2. The van der Waals surface area contributed by atoms with Crippen LogP contribution < -0.4 is 10.2 Å². The number of aryl methyl sites for hydroxylation is 2. The first kappa shape index (κ1) is 18.6. The van der Waals surface area contributed by atoms with Crippen molar-refractivity contribution in [3.63, 3.8) is 0 Å². The third-order valence-electron chi connectivity index (χ3n) is 3.94. The van der Waals surface area contributed by atoms with E-state index in [2.05, 4.69) is 5.32 Å². The Bertz CT molecular complexity index is 786. The molecule has 2 rings (SSSR count). The molecule has 132 valence electrons. The Morgan fingerprint density at radius 3 is 2.24 bits per heavy atom. The molecule has 1 N–H and O–H groups in total. The minimum Gasteiger partial charge on any atom is -0.326 e. The lowest BCUT2D eigenvalue weighted by atomic mass is 10.1. The van der Waals surface area contributed by atoms with E-state index in [9.17, 15) is 18.4 Å². The summed E-state index contributed by atoms with van der Waals surface area (Å²) in [4.78, 5) is 24.8. The van der Waals surface area contributed by atoms with E-state index in [0.29, 0.717) is 5.69 Å². The summed E-state index contributed by atoms with van der Waals surface area (Å²) in [5.41, 5.74) is 2.35. The maximum atomic E-state index is 13.9. The maximum absolute atomic E-state index is 13.9. The van der Waals surface area contributed by atoms with Crippen LogP contribution in [0.3, 0.4) is 0 Å². The van der Waals surface area contributed by atoms with Crippen LogP contribution in [0, 0.1) is 25.5 Å². The predicted octanol–water partition coefficient (Wildman–Crippen LogP) is 3.96. The number of para-hydroxylation sites is 1. The van der Waals surface area contributed by atoms with E-state index in [4.69, 9.17) is 0 Å². The molecular formula is C19H20F2N2O2. The van der Waals surface area contributed by atoms with Crippen LogP contribution in [0.2, 0.25) is 0 Å². The average molecular weight is 346 g/mol. The highest BCUT2D eigenvalue weighted by Crippen LogP contribution is 2.23. The second kappa shape index (κ2) is 7.88. The molecule has 0 aromatic heterocycles. The number of hydrogen-bond donors (Lipinski definition) is 1. The number of carbonyl (C=O) groups excluding carboxylic acids is 2. The highest BCUT2D eigenvalue weighted by atomic mass is 19.1. The van der Waals surface area contributed by atoms with E-state index in [-0.39, 0.29) is 18.9 Å². The van der Waals surface area contributed by atoms with Gasteiger partial charge in [-0.05, 0) is 49.2 Å². The summed E-state index contributed by atoms with van der Waals surface area (Å²) in [5, 5.41) is 2.72. The number of benzene rings is 2. The third kappa shape index (κ3) is 4.62. The number of amides is 2. The van der Waals surface area contributed by atoms with Crippen LogP contribution in [0.4, 0.5) is 20.2 Å². The van der Waals surface area contributed by atoms with Gasteiger partial charge in [0.15, 0.2) is 0 Å². The Labute approximate surface area is 145 Å². The molecule has 0 aliphatic rings. The van der Waals surface area contributed by atoms with E-state index >= 15 is 0 Å². The second-order valence-corrected chi connectivity index (χ2v) is 5.84. The summed E-state index contributed by atoms with van der Waals surface area (Å²) < 4.78 is 27.8.